The third kappa shape index (κ3) is 4.78. The molecular weight excluding hydrogens is 166 g/mol. The Bertz CT molecular complexity index is 220. The molecule has 4 nitrogen and oxygen atoms in total. The number of sulfonamides is 1. The third-order valence-corrected chi connectivity index (χ3v) is 2.28. The second-order valence-electron chi connectivity index (χ2n) is 2.11. The van der Waals surface area contributed by atoms with Gasteiger partial charge in [-0.3, -0.25) is 4.79 Å². The fourth-order valence-corrected chi connectivity index (χ4v) is 1.01. The summed E-state index contributed by atoms with van der Waals surface area (Å²) in [6.45, 7) is 3.25. The Kier molecular flexibility index (Phi) is 4.10. The lowest BCUT2D eigenvalue weighted by molar-refractivity contribution is -0.119. The average molecular weight is 178 g/mol. The van der Waals surface area contributed by atoms with Gasteiger partial charge in [0.05, 0.1) is 5.75 Å². The third-order valence-electron chi connectivity index (χ3n) is 1.07. The van der Waals surface area contributed by atoms with Gasteiger partial charge >= 0.3 is 0 Å². The molecule has 0 aliphatic heterocycles. The van der Waals surface area contributed by atoms with E-state index in [-0.39, 0.29) is 12.2 Å². The highest BCUT2D eigenvalue weighted by Crippen LogP contribution is 1.91. The van der Waals surface area contributed by atoms with E-state index in [1.807, 2.05) is 0 Å². The Morgan fingerprint density at radius 1 is 1.36 bits per heavy atom. The van der Waals surface area contributed by atoms with Gasteiger partial charge in [0.2, 0.25) is 0 Å². The van der Waals surface area contributed by atoms with Gasteiger partial charge < -0.3 is 0 Å². The predicted molar refractivity (Wildman–Crippen MR) is 41.5 cm³/mol. The summed E-state index contributed by atoms with van der Waals surface area (Å²) in [6.07, 6.45) is 0.834. The fraction of sp³-hybridized carbons (Fsp3) is 0.833. The minimum absolute atomic E-state index is 0.109. The summed E-state index contributed by atoms with van der Waals surface area (Å²) < 4.78 is 24.4. The van der Waals surface area contributed by atoms with Crippen LogP contribution in [0.5, 0.6) is 0 Å². The Hall–Kier alpha value is -0.580. The van der Waals surface area contributed by atoms with Crippen LogP contribution in [0.1, 0.15) is 26.7 Å². The molecule has 11 heavy (non-hydrogen) atoms. The molecule has 0 bridgehead atoms. The van der Waals surface area contributed by atoms with Crippen molar-refractivity contribution in [3.63, 3.8) is 0 Å². The first-order chi connectivity index (χ1) is 5.02. The molecule has 0 heterocycles. The summed E-state index contributed by atoms with van der Waals surface area (Å²) in [5.41, 5.74) is 0. The summed E-state index contributed by atoms with van der Waals surface area (Å²) in [5, 5.41) is 0. The van der Waals surface area contributed by atoms with Crippen molar-refractivity contribution in [2.24, 2.45) is 0 Å². The minimum Gasteiger partial charge on any atom is -0.272 e. The molecule has 0 aliphatic carbocycles. The largest absolute Gasteiger partial charge is 0.272 e. The predicted octanol–water partition coefficient (Wildman–Crippen LogP) is 0.267. The minimum atomic E-state index is -3.47. The van der Waals surface area contributed by atoms with Crippen molar-refractivity contribution in [3.05, 3.63) is 0 Å². The number of carbonyl (C=O) groups excluding carboxylic acids is 1. The number of rotatable bonds is 4. The van der Waals surface area contributed by atoms with Crippen molar-refractivity contribution in [1.82, 2.24) is 4.72 Å². The molecule has 0 N–H and O–H groups in total. The van der Waals surface area contributed by atoms with Gasteiger partial charge in [0.1, 0.15) is 0 Å². The first-order valence-electron chi connectivity index (χ1n) is 3.50. The summed E-state index contributed by atoms with van der Waals surface area (Å²) in [5.74, 6) is -0.656. The van der Waals surface area contributed by atoms with Gasteiger partial charge in [-0.1, -0.05) is 6.92 Å². The maximum atomic E-state index is 10.7. The van der Waals surface area contributed by atoms with Gasteiger partial charge in [0.25, 0.3) is 15.9 Å². The van der Waals surface area contributed by atoms with Gasteiger partial charge in [0, 0.05) is 6.42 Å². The van der Waals surface area contributed by atoms with Crippen LogP contribution in [0.15, 0.2) is 0 Å². The highest BCUT2D eigenvalue weighted by Gasteiger charge is 2.13. The monoisotopic (exact) mass is 178 g/mol. The van der Waals surface area contributed by atoms with E-state index in [0.717, 1.165) is 0 Å². The fourth-order valence-electron chi connectivity index (χ4n) is 0.479. The van der Waals surface area contributed by atoms with Crippen LogP contribution >= 0.6 is 0 Å². The lowest BCUT2D eigenvalue weighted by atomic mass is 10.3. The highest BCUT2D eigenvalue weighted by molar-refractivity contribution is 7.89. The van der Waals surface area contributed by atoms with Crippen LogP contribution < -0.4 is 4.72 Å². The van der Waals surface area contributed by atoms with E-state index in [1.54, 1.807) is 6.92 Å². The quantitative estimate of drug-likeness (QED) is 0.620. The SMILES string of the molecule is CCCC(=O)[N]S(=O)(=O)CC. The number of amides is 1. The van der Waals surface area contributed by atoms with E-state index in [2.05, 4.69) is 4.72 Å². The van der Waals surface area contributed by atoms with Crippen LogP contribution in [-0.4, -0.2) is 20.1 Å². The molecule has 1 radical (unpaired) electrons. The van der Waals surface area contributed by atoms with E-state index >= 15 is 0 Å². The van der Waals surface area contributed by atoms with Crippen molar-refractivity contribution in [2.45, 2.75) is 26.7 Å². The Labute approximate surface area is 67.0 Å². The van der Waals surface area contributed by atoms with Crippen LogP contribution in [0.2, 0.25) is 0 Å². The summed E-state index contributed by atoms with van der Waals surface area (Å²) in [4.78, 5) is 10.7. The molecule has 0 fully saturated rings. The summed E-state index contributed by atoms with van der Waals surface area (Å²) in [6, 6.07) is 0. The van der Waals surface area contributed by atoms with Crippen molar-refractivity contribution < 1.29 is 13.2 Å². The van der Waals surface area contributed by atoms with Crippen LogP contribution in [0, 0.1) is 0 Å². The molecule has 5 heteroatoms. The Morgan fingerprint density at radius 3 is 2.27 bits per heavy atom. The van der Waals surface area contributed by atoms with Crippen LogP contribution in [0.25, 0.3) is 0 Å². The lowest BCUT2D eigenvalue weighted by Gasteiger charge is -1.97. The van der Waals surface area contributed by atoms with E-state index in [1.165, 1.54) is 6.92 Å². The first-order valence-corrected chi connectivity index (χ1v) is 5.11. The van der Waals surface area contributed by atoms with Crippen molar-refractivity contribution in [2.75, 3.05) is 5.75 Å². The Balaban J connectivity index is 3.95. The van der Waals surface area contributed by atoms with Crippen LogP contribution in [0.3, 0.4) is 0 Å². The molecule has 0 saturated heterocycles. The van der Waals surface area contributed by atoms with Gasteiger partial charge in [0.15, 0.2) is 0 Å². The van der Waals surface area contributed by atoms with E-state index in [0.29, 0.717) is 6.42 Å². The average Bonchev–Trinajstić information content (AvgIpc) is 1.87. The number of hydrogen-bond donors (Lipinski definition) is 0. The van der Waals surface area contributed by atoms with Crippen LogP contribution in [-0.2, 0) is 14.8 Å². The first kappa shape index (κ1) is 10.4. The lowest BCUT2D eigenvalue weighted by Crippen LogP contribution is -2.24. The standard InChI is InChI=1S/C6H12NO3S/c1-3-5-6(8)7-11(9,10)4-2/h3-5H2,1-2H3. The molecule has 0 rings (SSSR count). The van der Waals surface area contributed by atoms with Gasteiger partial charge in [-0.15, -0.1) is 4.72 Å². The molecule has 0 spiro atoms. The van der Waals surface area contributed by atoms with Crippen LogP contribution in [0.4, 0.5) is 0 Å². The van der Waals surface area contributed by atoms with Gasteiger partial charge in [-0.05, 0) is 13.3 Å². The molecule has 0 aromatic carbocycles. The zero-order valence-electron chi connectivity index (χ0n) is 6.70. The van der Waals surface area contributed by atoms with Gasteiger partial charge in [-0.25, -0.2) is 8.42 Å². The van der Waals surface area contributed by atoms with Crippen molar-refractivity contribution in [1.29, 1.82) is 0 Å². The molecule has 0 saturated carbocycles. The molecule has 0 atom stereocenters. The number of carbonyl (C=O) groups is 1. The molecule has 65 valence electrons. The second kappa shape index (κ2) is 4.33. The number of hydrogen-bond acceptors (Lipinski definition) is 3. The topological polar surface area (TPSA) is 65.3 Å². The molecule has 0 aromatic heterocycles. The van der Waals surface area contributed by atoms with E-state index in [4.69, 9.17) is 0 Å². The summed E-state index contributed by atoms with van der Waals surface area (Å²) in [7, 11) is -3.47. The Morgan fingerprint density at radius 2 is 1.91 bits per heavy atom. The highest BCUT2D eigenvalue weighted by atomic mass is 32.2. The molecular formula is C6H12NO3S. The molecule has 1 amide bonds. The van der Waals surface area contributed by atoms with E-state index < -0.39 is 15.9 Å². The zero-order chi connectivity index (χ0) is 8.91. The maximum absolute atomic E-state index is 10.7. The second-order valence-corrected chi connectivity index (χ2v) is 4.03. The summed E-state index contributed by atoms with van der Waals surface area (Å²) >= 11 is 0. The van der Waals surface area contributed by atoms with E-state index in [9.17, 15) is 13.2 Å². The molecule has 0 aliphatic rings. The van der Waals surface area contributed by atoms with Crippen molar-refractivity contribution >= 4 is 15.9 Å². The zero-order valence-corrected chi connectivity index (χ0v) is 7.52. The van der Waals surface area contributed by atoms with Gasteiger partial charge in [-0.2, -0.15) is 0 Å². The smallest absolute Gasteiger partial charge is 0.256 e. The van der Waals surface area contributed by atoms with Crippen molar-refractivity contribution in [3.8, 4) is 0 Å². The molecule has 0 aromatic rings. The normalized spacial score (nSPS) is 11.1. The molecule has 0 unspecified atom stereocenters. The number of nitrogens with zero attached hydrogens (tertiary/aromatic N) is 1. The maximum Gasteiger partial charge on any atom is 0.256 e.